The van der Waals surface area contributed by atoms with E-state index in [0.717, 1.165) is 17.3 Å². The number of hydrogen-bond donors (Lipinski definition) is 1. The van der Waals surface area contributed by atoms with Gasteiger partial charge in [0.2, 0.25) is 15.0 Å². The van der Waals surface area contributed by atoms with Gasteiger partial charge in [0.15, 0.2) is 0 Å². The highest BCUT2D eigenvalue weighted by atomic mass is 32.2. The van der Waals surface area contributed by atoms with E-state index in [2.05, 4.69) is 90.6 Å². The van der Waals surface area contributed by atoms with Crippen molar-refractivity contribution in [1.82, 2.24) is 14.5 Å². The Labute approximate surface area is 274 Å². The molecule has 1 aromatic heterocycles. The molecule has 0 saturated carbocycles. The minimum absolute atomic E-state index is 0.299. The zero-order chi connectivity index (χ0) is 32.8. The molecule has 1 aliphatic heterocycles. The minimum Gasteiger partial charge on any atom is -0.444 e. The van der Waals surface area contributed by atoms with Crippen molar-refractivity contribution in [3.63, 3.8) is 0 Å². The van der Waals surface area contributed by atoms with Crippen LogP contribution in [0.1, 0.15) is 66.0 Å². The molecule has 1 aliphatic rings. The summed E-state index contributed by atoms with van der Waals surface area (Å²) in [6.07, 6.45) is 1.23. The number of hydrogen-bond acceptors (Lipinski definition) is 7. The summed E-state index contributed by atoms with van der Waals surface area (Å²) in [4.78, 5) is 22.1. The molecule has 0 aliphatic carbocycles. The number of carbonyl (C=O) groups excluding carboxylic acids is 1. The quantitative estimate of drug-likeness (QED) is 0.155. The Morgan fingerprint density at radius 3 is 2.00 bits per heavy atom. The molecule has 0 bridgehead atoms. The predicted octanol–water partition coefficient (Wildman–Crippen LogP) is 5.29. The Morgan fingerprint density at radius 1 is 0.978 bits per heavy atom. The van der Waals surface area contributed by atoms with E-state index in [1.807, 2.05) is 46.1 Å². The number of rotatable bonds is 8. The van der Waals surface area contributed by atoms with Crippen molar-refractivity contribution in [2.24, 2.45) is 5.41 Å². The molecule has 45 heavy (non-hydrogen) atoms. The average Bonchev–Trinajstić information content (AvgIpc) is 3.38. The molecular weight excluding hydrogens is 599 g/mol. The van der Waals surface area contributed by atoms with Crippen molar-refractivity contribution in [2.45, 2.75) is 66.7 Å². The van der Waals surface area contributed by atoms with Crippen LogP contribution >= 0.6 is 11.8 Å². The van der Waals surface area contributed by atoms with Crippen molar-refractivity contribution < 1.29 is 14.0 Å². The van der Waals surface area contributed by atoms with Gasteiger partial charge in [-0.15, -0.1) is 17.7 Å². The van der Waals surface area contributed by atoms with E-state index in [9.17, 15) is 4.79 Å². The Hall–Kier alpha value is -3.52. The first kappa shape index (κ1) is 34.4. The molecule has 4 rings (SSSR count). The highest BCUT2D eigenvalue weighted by Gasteiger charge is 2.39. The summed E-state index contributed by atoms with van der Waals surface area (Å²) in [5.41, 5.74) is 0.621. The maximum absolute atomic E-state index is 12.8. The summed E-state index contributed by atoms with van der Waals surface area (Å²) in [5.74, 6) is 7.00. The summed E-state index contributed by atoms with van der Waals surface area (Å²) in [6.45, 7) is 16.6. The molecular formula is C35H47N5O3SSi. The number of imidazole rings is 1. The van der Waals surface area contributed by atoms with Crippen LogP contribution in [0.5, 0.6) is 0 Å². The number of aromatic nitrogens is 2. The van der Waals surface area contributed by atoms with Crippen molar-refractivity contribution in [3.8, 4) is 11.8 Å². The molecule has 2 heterocycles. The van der Waals surface area contributed by atoms with Crippen LogP contribution in [0, 0.1) is 22.7 Å². The maximum Gasteiger partial charge on any atom is 0.410 e. The molecule has 8 nitrogen and oxygen atoms in total. The van der Waals surface area contributed by atoms with Gasteiger partial charge in [-0.05, 0) is 49.7 Å². The van der Waals surface area contributed by atoms with Gasteiger partial charge in [0.1, 0.15) is 16.3 Å². The number of ether oxygens (including phenoxy) is 1. The van der Waals surface area contributed by atoms with Crippen LogP contribution in [-0.4, -0.2) is 72.7 Å². The molecule has 1 unspecified atom stereocenters. The van der Waals surface area contributed by atoms with E-state index in [-0.39, 0.29) is 11.5 Å². The van der Waals surface area contributed by atoms with Crippen LogP contribution in [-0.2, 0) is 15.7 Å². The molecule has 0 spiro atoms. The van der Waals surface area contributed by atoms with Gasteiger partial charge >= 0.3 is 6.09 Å². The highest BCUT2D eigenvalue weighted by Crippen LogP contribution is 2.40. The molecule has 1 atom stereocenters. The van der Waals surface area contributed by atoms with Crippen LogP contribution in [0.2, 0.25) is 0 Å². The minimum atomic E-state index is -2.17. The van der Waals surface area contributed by atoms with Crippen LogP contribution in [0.25, 0.3) is 0 Å². The van der Waals surface area contributed by atoms with Gasteiger partial charge in [-0.2, -0.15) is 0 Å². The van der Waals surface area contributed by atoms with Crippen molar-refractivity contribution >= 4 is 48.3 Å². The molecule has 1 N–H and O–H groups in total. The smallest absolute Gasteiger partial charge is 0.410 e. The number of nitrogens with one attached hydrogen (secondary N) is 1. The fourth-order valence-electron chi connectivity index (χ4n) is 5.36. The first-order valence-electron chi connectivity index (χ1n) is 15.4. The monoisotopic (exact) mass is 645 g/mol. The lowest BCUT2D eigenvalue weighted by Gasteiger charge is -2.36. The van der Waals surface area contributed by atoms with Gasteiger partial charge in [-0.25, -0.2) is 9.78 Å². The first-order chi connectivity index (χ1) is 21.3. The third-order valence-corrected chi connectivity index (χ3v) is 10.7. The van der Waals surface area contributed by atoms with Crippen LogP contribution in [0.4, 0.5) is 10.7 Å². The van der Waals surface area contributed by atoms with Crippen LogP contribution < -0.4 is 15.3 Å². The van der Waals surface area contributed by atoms with E-state index in [1.54, 1.807) is 4.90 Å². The Bertz CT molecular complexity index is 1470. The van der Waals surface area contributed by atoms with Crippen molar-refractivity contribution in [1.29, 1.82) is 5.41 Å². The number of amides is 1. The lowest BCUT2D eigenvalue weighted by Crippen LogP contribution is -2.50. The van der Waals surface area contributed by atoms with E-state index in [1.165, 1.54) is 22.1 Å². The number of benzene rings is 2. The Balaban J connectivity index is 1.79. The fourth-order valence-corrected chi connectivity index (χ4v) is 8.42. The molecule has 1 fully saturated rings. The second kappa shape index (κ2) is 14.7. The summed E-state index contributed by atoms with van der Waals surface area (Å²) in [6, 6.07) is 20.9. The summed E-state index contributed by atoms with van der Waals surface area (Å²) >= 11 is 1.39. The van der Waals surface area contributed by atoms with E-state index in [0.29, 0.717) is 37.8 Å². The van der Waals surface area contributed by atoms with Crippen LogP contribution in [0.15, 0.2) is 60.7 Å². The Kier molecular flexibility index (Phi) is 11.2. The Morgan fingerprint density at radius 2 is 1.53 bits per heavy atom. The van der Waals surface area contributed by atoms with Gasteiger partial charge in [0.05, 0.1) is 18.3 Å². The van der Waals surface area contributed by atoms with Crippen molar-refractivity contribution in [2.75, 3.05) is 37.3 Å². The normalized spacial score (nSPS) is 14.6. The lowest BCUT2D eigenvalue weighted by molar-refractivity contribution is 0.0240. The zero-order valence-corrected chi connectivity index (χ0v) is 29.9. The lowest BCUT2D eigenvalue weighted by atomic mass is 9.86. The van der Waals surface area contributed by atoms with Gasteiger partial charge in [0, 0.05) is 26.2 Å². The maximum atomic E-state index is 12.8. The third kappa shape index (κ3) is 8.60. The van der Waals surface area contributed by atoms with Gasteiger partial charge in [0.25, 0.3) is 0 Å². The summed E-state index contributed by atoms with van der Waals surface area (Å²) in [5, 5.41) is 11.9. The number of anilines is 1. The SMILES string of the molecule is CC#CCn1c(N2CCN(C(=O)OC(C)(C)C)CC2)nc(C(O[SiH](c2ccccc2)c2ccccc2)C(C)(C)C)c1C(=N)SC. The molecule has 3 aromatic rings. The molecule has 2 aromatic carbocycles. The molecule has 1 saturated heterocycles. The van der Waals surface area contributed by atoms with Gasteiger partial charge in [-0.1, -0.05) is 87.4 Å². The first-order valence-corrected chi connectivity index (χ1v) is 18.3. The zero-order valence-electron chi connectivity index (χ0n) is 27.9. The summed E-state index contributed by atoms with van der Waals surface area (Å²) in [7, 11) is -2.17. The number of nitrogens with zero attached hydrogens (tertiary/aromatic N) is 4. The predicted molar refractivity (Wildman–Crippen MR) is 189 cm³/mol. The summed E-state index contributed by atoms with van der Waals surface area (Å²) < 4.78 is 15.0. The standard InChI is InChI=1S/C35H47N5O3SSi/c1-9-10-21-40-29(31(36)44-8)28(37-32(40)38-22-24-39(25-23-38)33(41)42-35(5,6)7)30(34(2,3)4)43-45(26-17-13-11-14-18-26)27-19-15-12-16-20-27/h11-20,30,36,45H,21-25H2,1-8H3. The van der Waals surface area contributed by atoms with Gasteiger partial charge in [-0.3, -0.25) is 9.98 Å². The molecule has 10 heteroatoms. The number of thioether (sulfide) groups is 1. The number of piperazine rings is 1. The van der Waals surface area contributed by atoms with Crippen LogP contribution in [0.3, 0.4) is 0 Å². The third-order valence-electron chi connectivity index (χ3n) is 7.53. The van der Waals surface area contributed by atoms with E-state index >= 15 is 0 Å². The second-order valence-electron chi connectivity index (χ2n) is 13.2. The van der Waals surface area contributed by atoms with E-state index in [4.69, 9.17) is 19.6 Å². The largest absolute Gasteiger partial charge is 0.444 e. The fraction of sp³-hybridized carbons (Fsp3) is 0.457. The topological polar surface area (TPSA) is 83.7 Å². The highest BCUT2D eigenvalue weighted by molar-refractivity contribution is 8.13. The van der Waals surface area contributed by atoms with E-state index < -0.39 is 20.7 Å². The van der Waals surface area contributed by atoms with Crippen molar-refractivity contribution in [3.05, 3.63) is 72.1 Å². The average molecular weight is 646 g/mol. The molecule has 0 radical (unpaired) electrons. The second-order valence-corrected chi connectivity index (χ2v) is 16.4. The number of carbonyl (C=O) groups is 1. The molecule has 240 valence electrons. The molecule has 1 amide bonds. The van der Waals surface area contributed by atoms with Gasteiger partial charge < -0.3 is 19.0 Å².